The minimum atomic E-state index is -0.503. The molecule has 37 heavy (non-hydrogen) atoms. The molecule has 2 atom stereocenters. The molecule has 5 amide bonds. The molecule has 8 nitrogen and oxygen atoms in total. The molecule has 1 aliphatic carbocycles. The van der Waals surface area contributed by atoms with Crippen LogP contribution in [0.2, 0.25) is 5.02 Å². The van der Waals surface area contributed by atoms with Crippen LogP contribution in [0.15, 0.2) is 42.5 Å². The number of anilines is 2. The average molecular weight is 525 g/mol. The molecule has 2 N–H and O–H groups in total. The summed E-state index contributed by atoms with van der Waals surface area (Å²) in [5.74, 6) is -1.03. The SMILES string of the molecule is Cc1c(Cl)cccc1NC(=O)CN1C(=O)N(c2ccc(CC(=O)NC(C)C)cc2)C(=O)C2CCCCC21. The molecule has 2 aromatic rings. The molecular formula is C28H33ClN4O4. The van der Waals surface area contributed by atoms with Gasteiger partial charge in [-0.2, -0.15) is 0 Å². The van der Waals surface area contributed by atoms with E-state index in [4.69, 9.17) is 11.6 Å². The highest BCUT2D eigenvalue weighted by Gasteiger charge is 2.48. The van der Waals surface area contributed by atoms with Gasteiger partial charge in [0.2, 0.25) is 17.7 Å². The summed E-state index contributed by atoms with van der Waals surface area (Å²) in [6, 6.07) is 11.4. The van der Waals surface area contributed by atoms with E-state index in [-0.39, 0.29) is 48.7 Å². The first-order chi connectivity index (χ1) is 17.7. The van der Waals surface area contributed by atoms with Crippen molar-refractivity contribution in [3.63, 3.8) is 0 Å². The molecule has 9 heteroatoms. The Kier molecular flexibility index (Phi) is 8.17. The maximum atomic E-state index is 13.6. The van der Waals surface area contributed by atoms with Gasteiger partial charge in [0, 0.05) is 22.8 Å². The molecule has 1 aliphatic heterocycles. The number of rotatable bonds is 7. The Morgan fingerprint density at radius 3 is 2.43 bits per heavy atom. The Morgan fingerprint density at radius 2 is 1.73 bits per heavy atom. The third-order valence-corrected chi connectivity index (χ3v) is 7.38. The van der Waals surface area contributed by atoms with Gasteiger partial charge in [-0.25, -0.2) is 9.69 Å². The van der Waals surface area contributed by atoms with Crippen LogP contribution in [0.1, 0.15) is 50.7 Å². The van der Waals surface area contributed by atoms with Crippen LogP contribution in [0.5, 0.6) is 0 Å². The van der Waals surface area contributed by atoms with E-state index in [1.54, 1.807) is 42.5 Å². The number of hydrogen-bond donors (Lipinski definition) is 2. The van der Waals surface area contributed by atoms with E-state index >= 15 is 0 Å². The van der Waals surface area contributed by atoms with Crippen molar-refractivity contribution in [1.82, 2.24) is 10.2 Å². The number of urea groups is 1. The zero-order chi connectivity index (χ0) is 26.7. The second-order valence-corrected chi connectivity index (χ2v) is 10.5. The molecule has 0 spiro atoms. The van der Waals surface area contributed by atoms with E-state index in [9.17, 15) is 19.2 Å². The lowest BCUT2D eigenvalue weighted by atomic mass is 9.81. The van der Waals surface area contributed by atoms with Gasteiger partial charge in [0.15, 0.2) is 0 Å². The van der Waals surface area contributed by atoms with Crippen molar-refractivity contribution in [2.45, 2.75) is 65.0 Å². The van der Waals surface area contributed by atoms with E-state index in [1.807, 2.05) is 20.8 Å². The molecule has 1 heterocycles. The van der Waals surface area contributed by atoms with Gasteiger partial charge >= 0.3 is 6.03 Å². The number of amides is 5. The maximum Gasteiger partial charge on any atom is 0.332 e. The zero-order valence-corrected chi connectivity index (χ0v) is 22.2. The molecule has 4 rings (SSSR count). The van der Waals surface area contributed by atoms with E-state index in [1.165, 1.54) is 9.80 Å². The fourth-order valence-electron chi connectivity index (χ4n) is 5.13. The number of carbonyl (C=O) groups is 4. The van der Waals surface area contributed by atoms with E-state index < -0.39 is 6.03 Å². The lowest BCUT2D eigenvalue weighted by molar-refractivity contribution is -0.128. The summed E-state index contributed by atoms with van der Waals surface area (Å²) < 4.78 is 0. The van der Waals surface area contributed by atoms with Gasteiger partial charge in [-0.05, 0) is 69.0 Å². The van der Waals surface area contributed by atoms with Crippen molar-refractivity contribution in [2.75, 3.05) is 16.8 Å². The minimum absolute atomic E-state index is 0.0461. The van der Waals surface area contributed by atoms with Gasteiger partial charge in [0.05, 0.1) is 18.0 Å². The highest BCUT2D eigenvalue weighted by molar-refractivity contribution is 6.31. The van der Waals surface area contributed by atoms with Crippen LogP contribution in [-0.2, 0) is 20.8 Å². The molecule has 2 fully saturated rings. The number of halogens is 1. The average Bonchev–Trinajstić information content (AvgIpc) is 2.85. The van der Waals surface area contributed by atoms with Crippen LogP contribution in [0.25, 0.3) is 0 Å². The largest absolute Gasteiger partial charge is 0.354 e. The summed E-state index contributed by atoms with van der Waals surface area (Å²) in [5.41, 5.74) is 2.55. The number of benzene rings is 2. The molecule has 0 bridgehead atoms. The molecule has 2 unspecified atom stereocenters. The van der Waals surface area contributed by atoms with Crippen molar-refractivity contribution >= 4 is 46.7 Å². The molecule has 0 aromatic heterocycles. The quantitative estimate of drug-likeness (QED) is 0.549. The second-order valence-electron chi connectivity index (χ2n) is 10.1. The fourth-order valence-corrected chi connectivity index (χ4v) is 5.31. The lowest BCUT2D eigenvalue weighted by Crippen LogP contribution is -2.64. The smallest absolute Gasteiger partial charge is 0.332 e. The van der Waals surface area contributed by atoms with Gasteiger partial charge in [-0.1, -0.05) is 42.6 Å². The summed E-state index contributed by atoms with van der Waals surface area (Å²) in [5, 5.41) is 6.26. The number of carbonyl (C=O) groups excluding carboxylic acids is 4. The van der Waals surface area contributed by atoms with Gasteiger partial charge in [-0.3, -0.25) is 14.4 Å². The third-order valence-electron chi connectivity index (χ3n) is 6.97. The number of imide groups is 1. The Balaban J connectivity index is 1.54. The van der Waals surface area contributed by atoms with Gasteiger partial charge < -0.3 is 15.5 Å². The highest BCUT2D eigenvalue weighted by Crippen LogP contribution is 2.36. The summed E-state index contributed by atoms with van der Waals surface area (Å²) >= 11 is 6.19. The van der Waals surface area contributed by atoms with E-state index in [2.05, 4.69) is 10.6 Å². The molecule has 2 aliphatic rings. The van der Waals surface area contributed by atoms with Crippen LogP contribution in [0.4, 0.5) is 16.2 Å². The highest BCUT2D eigenvalue weighted by atomic mass is 35.5. The number of hydrogen-bond acceptors (Lipinski definition) is 4. The number of fused-ring (bicyclic) bond motifs is 1. The lowest BCUT2D eigenvalue weighted by Gasteiger charge is -2.46. The number of nitrogens with zero attached hydrogens (tertiary/aromatic N) is 2. The molecular weight excluding hydrogens is 492 g/mol. The zero-order valence-electron chi connectivity index (χ0n) is 21.4. The Bertz CT molecular complexity index is 1200. The Morgan fingerprint density at radius 1 is 1.03 bits per heavy atom. The topological polar surface area (TPSA) is 98.8 Å². The first kappa shape index (κ1) is 26.7. The van der Waals surface area contributed by atoms with Crippen LogP contribution in [-0.4, -0.2) is 47.3 Å². The molecule has 2 aromatic carbocycles. The van der Waals surface area contributed by atoms with Crippen LogP contribution < -0.4 is 15.5 Å². The Hall–Kier alpha value is -3.39. The van der Waals surface area contributed by atoms with Crippen molar-refractivity contribution < 1.29 is 19.2 Å². The standard InChI is InChI=1S/C28H33ClN4O4/c1-17(2)30-25(34)15-19-11-13-20(14-12-19)33-27(36)21-7-4-5-10-24(21)32(28(33)37)16-26(35)31-23-9-6-8-22(29)18(23)3/h6,8-9,11-14,17,21,24H,4-5,7,10,15-16H2,1-3H3,(H,30,34)(H,31,35). The van der Waals surface area contributed by atoms with Crippen LogP contribution in [0.3, 0.4) is 0 Å². The molecule has 1 saturated heterocycles. The van der Waals surface area contributed by atoms with Gasteiger partial charge in [0.1, 0.15) is 6.54 Å². The van der Waals surface area contributed by atoms with E-state index in [0.29, 0.717) is 29.2 Å². The van der Waals surface area contributed by atoms with Gasteiger partial charge in [0.25, 0.3) is 0 Å². The van der Waals surface area contributed by atoms with E-state index in [0.717, 1.165) is 24.0 Å². The normalized spacial score (nSPS) is 19.6. The number of nitrogens with one attached hydrogen (secondary N) is 2. The van der Waals surface area contributed by atoms with Crippen molar-refractivity contribution in [3.05, 3.63) is 58.6 Å². The maximum absolute atomic E-state index is 13.6. The molecule has 196 valence electrons. The Labute approximate surface area is 222 Å². The van der Waals surface area contributed by atoms with Gasteiger partial charge in [-0.15, -0.1) is 0 Å². The van der Waals surface area contributed by atoms with Crippen molar-refractivity contribution in [3.8, 4) is 0 Å². The minimum Gasteiger partial charge on any atom is -0.354 e. The summed E-state index contributed by atoms with van der Waals surface area (Å²) in [7, 11) is 0. The first-order valence-corrected chi connectivity index (χ1v) is 13.1. The second kappa shape index (κ2) is 11.3. The molecule has 0 radical (unpaired) electrons. The first-order valence-electron chi connectivity index (χ1n) is 12.7. The summed E-state index contributed by atoms with van der Waals surface area (Å²) in [6.07, 6.45) is 3.37. The fraction of sp³-hybridized carbons (Fsp3) is 0.429. The summed E-state index contributed by atoms with van der Waals surface area (Å²) in [6.45, 7) is 5.45. The van der Waals surface area contributed by atoms with Crippen molar-refractivity contribution in [2.24, 2.45) is 5.92 Å². The predicted octanol–water partition coefficient (Wildman–Crippen LogP) is 4.68. The van der Waals surface area contributed by atoms with Crippen molar-refractivity contribution in [1.29, 1.82) is 0 Å². The molecule has 1 saturated carbocycles. The monoisotopic (exact) mass is 524 g/mol. The van der Waals surface area contributed by atoms with Crippen LogP contribution >= 0.6 is 11.6 Å². The summed E-state index contributed by atoms with van der Waals surface area (Å²) in [4.78, 5) is 55.0. The predicted molar refractivity (Wildman–Crippen MR) is 144 cm³/mol. The third kappa shape index (κ3) is 5.96. The van der Waals surface area contributed by atoms with Crippen LogP contribution in [0, 0.1) is 12.8 Å².